The molecule has 0 radical (unpaired) electrons. The Labute approximate surface area is 153 Å². The molecule has 1 fully saturated rings. The molecule has 0 saturated heterocycles. The van der Waals surface area contributed by atoms with E-state index in [1.54, 1.807) is 13.0 Å². The normalized spacial score (nSPS) is 14.1. The Morgan fingerprint density at radius 3 is 2.44 bits per heavy atom. The molecular weight excluding hydrogens is 351 g/mol. The Balaban J connectivity index is 2.33. The molecular formula is C19H19FN4O3. The van der Waals surface area contributed by atoms with Gasteiger partial charge in [-0.1, -0.05) is 6.07 Å². The Kier molecular flexibility index (Phi) is 3.62. The van der Waals surface area contributed by atoms with E-state index in [0.29, 0.717) is 5.56 Å². The van der Waals surface area contributed by atoms with Gasteiger partial charge in [0.15, 0.2) is 0 Å². The van der Waals surface area contributed by atoms with Crippen molar-refractivity contribution in [2.75, 3.05) is 0 Å². The van der Waals surface area contributed by atoms with Crippen molar-refractivity contribution >= 4 is 11.0 Å². The van der Waals surface area contributed by atoms with Crippen LogP contribution in [0, 0.1) is 25.1 Å². The lowest BCUT2D eigenvalue weighted by molar-refractivity contribution is 0.471. The topological polar surface area (TPSA) is 93.0 Å². The van der Waals surface area contributed by atoms with Crippen LogP contribution in [0.4, 0.5) is 4.39 Å². The van der Waals surface area contributed by atoms with Crippen molar-refractivity contribution in [2.24, 2.45) is 7.05 Å². The summed E-state index contributed by atoms with van der Waals surface area (Å²) in [5, 5.41) is 19.0. The predicted molar refractivity (Wildman–Crippen MR) is 98.0 cm³/mol. The third-order valence-corrected chi connectivity index (χ3v) is 5.10. The van der Waals surface area contributed by atoms with E-state index in [1.165, 1.54) is 39.8 Å². The van der Waals surface area contributed by atoms with Crippen LogP contribution >= 0.6 is 0 Å². The number of fused-ring (bicyclic) bond motifs is 1. The van der Waals surface area contributed by atoms with Gasteiger partial charge in [-0.25, -0.2) is 4.39 Å². The molecule has 4 rings (SSSR count). The average molecular weight is 370 g/mol. The van der Waals surface area contributed by atoms with E-state index in [0.717, 1.165) is 12.8 Å². The minimum absolute atomic E-state index is 0.00208. The molecule has 0 unspecified atom stereocenters. The number of aryl methyl sites for hydroxylation is 2. The molecule has 0 aliphatic heterocycles. The summed E-state index contributed by atoms with van der Waals surface area (Å²) in [6.45, 7) is 3.18. The molecule has 0 spiro atoms. The van der Waals surface area contributed by atoms with E-state index >= 15 is 0 Å². The van der Waals surface area contributed by atoms with E-state index in [1.807, 2.05) is 0 Å². The van der Waals surface area contributed by atoms with Gasteiger partial charge in [0.25, 0.3) is 11.1 Å². The van der Waals surface area contributed by atoms with Gasteiger partial charge in [-0.05, 0) is 44.4 Å². The van der Waals surface area contributed by atoms with Crippen LogP contribution in [0.5, 0.6) is 5.75 Å². The molecule has 2 heterocycles. The van der Waals surface area contributed by atoms with E-state index in [-0.39, 0.29) is 33.9 Å². The maximum Gasteiger partial charge on any atom is 0.268 e. The van der Waals surface area contributed by atoms with Gasteiger partial charge in [-0.15, -0.1) is 0 Å². The van der Waals surface area contributed by atoms with Gasteiger partial charge in [0.1, 0.15) is 22.6 Å². The van der Waals surface area contributed by atoms with Crippen LogP contribution in [0.25, 0.3) is 16.7 Å². The van der Waals surface area contributed by atoms with Crippen LogP contribution in [0.15, 0.2) is 27.8 Å². The molecule has 0 bridgehead atoms. The molecule has 1 aliphatic rings. The first-order valence-electron chi connectivity index (χ1n) is 8.65. The number of nitrogens with one attached hydrogen (secondary N) is 1. The monoisotopic (exact) mass is 370 g/mol. The lowest BCUT2D eigenvalue weighted by Gasteiger charge is -2.19. The summed E-state index contributed by atoms with van der Waals surface area (Å²) in [4.78, 5) is 25.6. The van der Waals surface area contributed by atoms with E-state index < -0.39 is 22.7 Å². The maximum absolute atomic E-state index is 14.8. The van der Waals surface area contributed by atoms with Crippen LogP contribution in [0.3, 0.4) is 0 Å². The molecule has 0 amide bonds. The number of aromatic hydroxyl groups is 1. The first-order valence-corrected chi connectivity index (χ1v) is 8.65. The van der Waals surface area contributed by atoms with E-state index in [4.69, 9.17) is 5.41 Å². The highest BCUT2D eigenvalue weighted by Crippen LogP contribution is 2.33. The summed E-state index contributed by atoms with van der Waals surface area (Å²) in [7, 11) is 1.44. The van der Waals surface area contributed by atoms with Crippen LogP contribution in [0.2, 0.25) is 0 Å². The first-order chi connectivity index (χ1) is 12.7. The van der Waals surface area contributed by atoms with Crippen molar-refractivity contribution in [3.8, 4) is 11.4 Å². The Morgan fingerprint density at radius 2 is 1.85 bits per heavy atom. The number of nitrogens with zero attached hydrogens (tertiary/aromatic N) is 3. The third-order valence-electron chi connectivity index (χ3n) is 5.10. The van der Waals surface area contributed by atoms with Gasteiger partial charge < -0.3 is 5.11 Å². The molecule has 0 atom stereocenters. The van der Waals surface area contributed by atoms with Gasteiger partial charge in [-0.3, -0.25) is 28.7 Å². The highest BCUT2D eigenvalue weighted by Gasteiger charge is 2.30. The standard InChI is InChI=1S/C19H19FN4O3/c1-9-4-7-13(12(20)8-9)24-16-14(15(25)10(2)17(26)22(16)3)18(27)23(19(24)21)11-5-6-11/h4,7-8,11,21,25H,5-6H2,1-3H3. The second-order valence-electron chi connectivity index (χ2n) is 7.06. The summed E-state index contributed by atoms with van der Waals surface area (Å²) in [5.41, 5.74) is -0.493. The molecule has 140 valence electrons. The van der Waals surface area contributed by atoms with Crippen LogP contribution in [-0.4, -0.2) is 18.8 Å². The quantitative estimate of drug-likeness (QED) is 0.720. The number of rotatable bonds is 2. The molecule has 2 N–H and O–H groups in total. The number of halogens is 1. The van der Waals surface area contributed by atoms with Gasteiger partial charge >= 0.3 is 0 Å². The van der Waals surface area contributed by atoms with Crippen LogP contribution < -0.4 is 16.7 Å². The van der Waals surface area contributed by atoms with Crippen LogP contribution in [-0.2, 0) is 7.05 Å². The minimum Gasteiger partial charge on any atom is -0.506 e. The SMILES string of the molecule is Cc1ccc(-n2c(=N)n(C3CC3)c(=O)c3c(O)c(C)c(=O)n(C)c32)c(F)c1. The molecule has 2 aromatic heterocycles. The summed E-state index contributed by atoms with van der Waals surface area (Å²) in [5.74, 6) is -1.00. The highest BCUT2D eigenvalue weighted by atomic mass is 19.1. The summed E-state index contributed by atoms with van der Waals surface area (Å²) in [6.07, 6.45) is 1.47. The van der Waals surface area contributed by atoms with Crippen molar-refractivity contribution in [1.82, 2.24) is 13.7 Å². The molecule has 1 aromatic carbocycles. The summed E-state index contributed by atoms with van der Waals surface area (Å²) < 4.78 is 18.4. The summed E-state index contributed by atoms with van der Waals surface area (Å²) >= 11 is 0. The fourth-order valence-corrected chi connectivity index (χ4v) is 3.49. The number of aromatic nitrogens is 3. The van der Waals surface area contributed by atoms with Crippen molar-refractivity contribution in [3.63, 3.8) is 0 Å². The van der Waals surface area contributed by atoms with Gasteiger partial charge in [0.05, 0.1) is 11.3 Å². The minimum atomic E-state index is -0.580. The lowest BCUT2D eigenvalue weighted by Crippen LogP contribution is -2.41. The largest absolute Gasteiger partial charge is 0.506 e. The smallest absolute Gasteiger partial charge is 0.268 e. The maximum atomic E-state index is 14.8. The Morgan fingerprint density at radius 1 is 1.19 bits per heavy atom. The molecule has 1 aliphatic carbocycles. The van der Waals surface area contributed by atoms with Gasteiger partial charge in [-0.2, -0.15) is 0 Å². The number of pyridine rings is 1. The van der Waals surface area contributed by atoms with Crippen molar-refractivity contribution < 1.29 is 9.50 Å². The fourth-order valence-electron chi connectivity index (χ4n) is 3.49. The number of hydrogen-bond acceptors (Lipinski definition) is 4. The van der Waals surface area contributed by atoms with Gasteiger partial charge in [0.2, 0.25) is 5.62 Å². The van der Waals surface area contributed by atoms with E-state index in [9.17, 15) is 19.1 Å². The molecule has 27 heavy (non-hydrogen) atoms. The second kappa shape index (κ2) is 5.67. The van der Waals surface area contributed by atoms with Gasteiger partial charge in [0, 0.05) is 13.1 Å². The first kappa shape index (κ1) is 17.3. The second-order valence-corrected chi connectivity index (χ2v) is 7.06. The fraction of sp³-hybridized carbons (Fsp3) is 0.316. The number of hydrogen-bond donors (Lipinski definition) is 2. The Hall–Kier alpha value is -3.16. The molecule has 1 saturated carbocycles. The zero-order chi connectivity index (χ0) is 19.6. The van der Waals surface area contributed by atoms with Crippen LogP contribution in [0.1, 0.15) is 30.0 Å². The van der Waals surface area contributed by atoms with E-state index in [2.05, 4.69) is 0 Å². The Bertz CT molecular complexity index is 1300. The zero-order valence-corrected chi connectivity index (χ0v) is 15.2. The number of benzene rings is 1. The molecule has 3 aromatic rings. The summed E-state index contributed by atoms with van der Waals surface area (Å²) in [6, 6.07) is 4.36. The predicted octanol–water partition coefficient (Wildman–Crippen LogP) is 1.77. The van der Waals surface area contributed by atoms with Crippen molar-refractivity contribution in [3.05, 3.63) is 61.5 Å². The molecule has 8 heteroatoms. The average Bonchev–Trinajstić information content (AvgIpc) is 3.43. The third kappa shape index (κ3) is 2.36. The van der Waals surface area contributed by atoms with Crippen molar-refractivity contribution in [1.29, 1.82) is 5.41 Å². The zero-order valence-electron chi connectivity index (χ0n) is 15.2. The van der Waals surface area contributed by atoms with Crippen molar-refractivity contribution in [2.45, 2.75) is 32.7 Å². The highest BCUT2D eigenvalue weighted by molar-refractivity contribution is 5.84. The molecule has 7 nitrogen and oxygen atoms in total. The lowest BCUT2D eigenvalue weighted by atomic mass is 10.2.